The molecule has 0 amide bonds. The molecule has 74 valence electrons. The van der Waals surface area contributed by atoms with Gasteiger partial charge < -0.3 is 10.8 Å². The van der Waals surface area contributed by atoms with Gasteiger partial charge in [-0.2, -0.15) is 8.42 Å². The topological polar surface area (TPSA) is 101 Å². The Hall–Kier alpha value is -1.11. The van der Waals surface area contributed by atoms with E-state index in [0.717, 1.165) is 12.1 Å². The molecule has 0 saturated heterocycles. The van der Waals surface area contributed by atoms with Crippen LogP contribution in [0.15, 0.2) is 29.2 Å². The van der Waals surface area contributed by atoms with Gasteiger partial charge in [-0.15, -0.1) is 0 Å². The van der Waals surface area contributed by atoms with E-state index in [1.165, 1.54) is 19.2 Å². The Morgan fingerprint density at radius 2 is 1.54 bits per heavy atom. The molecule has 6 heteroatoms. The molecule has 0 fully saturated rings. The van der Waals surface area contributed by atoms with Gasteiger partial charge in [0.2, 0.25) is 0 Å². The largest absolute Gasteiger partial charge is 0.508 e. The molecule has 5 nitrogen and oxygen atoms in total. The Morgan fingerprint density at radius 1 is 1.15 bits per heavy atom. The van der Waals surface area contributed by atoms with Gasteiger partial charge in [-0.1, -0.05) is 0 Å². The summed E-state index contributed by atoms with van der Waals surface area (Å²) >= 11 is 0. The monoisotopic (exact) mass is 205 g/mol. The predicted molar refractivity (Wildman–Crippen MR) is 48.0 cm³/mol. The van der Waals surface area contributed by atoms with Crippen LogP contribution in [0.3, 0.4) is 0 Å². The van der Waals surface area contributed by atoms with E-state index in [1.54, 1.807) is 0 Å². The summed E-state index contributed by atoms with van der Waals surface area (Å²) in [5, 5.41) is 8.75. The Kier molecular flexibility index (Phi) is 4.39. The van der Waals surface area contributed by atoms with Crippen LogP contribution >= 0.6 is 0 Å². The number of benzene rings is 1. The van der Waals surface area contributed by atoms with Crippen molar-refractivity contribution in [2.75, 3.05) is 7.05 Å². The first-order valence-corrected chi connectivity index (χ1v) is 4.78. The molecule has 0 aliphatic rings. The summed E-state index contributed by atoms with van der Waals surface area (Å²) in [6, 6.07) is 4.60. The second kappa shape index (κ2) is 4.80. The lowest BCUT2D eigenvalue weighted by Gasteiger charge is -1.94. The quantitative estimate of drug-likeness (QED) is 0.569. The number of rotatable bonds is 1. The van der Waals surface area contributed by atoms with Gasteiger partial charge in [0.15, 0.2) is 0 Å². The molecule has 0 saturated carbocycles. The molecule has 0 bridgehead atoms. The van der Waals surface area contributed by atoms with Crippen LogP contribution in [0.5, 0.6) is 5.75 Å². The smallest absolute Gasteiger partial charge is 0.294 e. The Bertz CT molecular complexity index is 343. The zero-order valence-corrected chi connectivity index (χ0v) is 7.82. The first-order chi connectivity index (χ1) is 6.00. The molecule has 4 N–H and O–H groups in total. The zero-order valence-electron chi connectivity index (χ0n) is 7.01. The van der Waals surface area contributed by atoms with Crippen LogP contribution in [0.25, 0.3) is 0 Å². The highest BCUT2D eigenvalue weighted by Crippen LogP contribution is 2.13. The molecule has 0 heterocycles. The van der Waals surface area contributed by atoms with Crippen molar-refractivity contribution in [3.63, 3.8) is 0 Å². The summed E-state index contributed by atoms with van der Waals surface area (Å²) < 4.78 is 29.3. The van der Waals surface area contributed by atoms with Crippen molar-refractivity contribution in [2.45, 2.75) is 4.90 Å². The lowest BCUT2D eigenvalue weighted by Crippen LogP contribution is -1.96. The van der Waals surface area contributed by atoms with Crippen molar-refractivity contribution in [3.8, 4) is 5.75 Å². The van der Waals surface area contributed by atoms with Crippen LogP contribution in [-0.4, -0.2) is 25.1 Å². The number of hydrogen-bond donors (Lipinski definition) is 3. The van der Waals surface area contributed by atoms with Crippen LogP contribution in [-0.2, 0) is 10.1 Å². The van der Waals surface area contributed by atoms with E-state index < -0.39 is 10.1 Å². The lowest BCUT2D eigenvalue weighted by atomic mass is 10.3. The van der Waals surface area contributed by atoms with E-state index in [-0.39, 0.29) is 10.6 Å². The van der Waals surface area contributed by atoms with Gasteiger partial charge in [-0.3, -0.25) is 4.55 Å². The average molecular weight is 205 g/mol. The van der Waals surface area contributed by atoms with Gasteiger partial charge in [-0.25, -0.2) is 0 Å². The van der Waals surface area contributed by atoms with Crippen molar-refractivity contribution >= 4 is 10.1 Å². The van der Waals surface area contributed by atoms with Crippen LogP contribution in [0, 0.1) is 0 Å². The second-order valence-corrected chi connectivity index (χ2v) is 3.39. The second-order valence-electron chi connectivity index (χ2n) is 1.97. The summed E-state index contributed by atoms with van der Waals surface area (Å²) in [4.78, 5) is -0.227. The number of hydrogen-bond acceptors (Lipinski definition) is 4. The summed E-state index contributed by atoms with van der Waals surface area (Å²) in [7, 11) is -2.63. The lowest BCUT2D eigenvalue weighted by molar-refractivity contribution is 0.472. The molecule has 13 heavy (non-hydrogen) atoms. The van der Waals surface area contributed by atoms with E-state index in [2.05, 4.69) is 5.73 Å². The molecule has 1 aromatic carbocycles. The predicted octanol–water partition coefficient (Wildman–Crippen LogP) is 0.214. The third-order valence-corrected chi connectivity index (χ3v) is 2.00. The summed E-state index contributed by atoms with van der Waals surface area (Å²) in [6.45, 7) is 0. The number of nitrogens with two attached hydrogens (primary N) is 1. The molecule has 0 atom stereocenters. The molecule has 0 aliphatic carbocycles. The zero-order chi connectivity index (χ0) is 10.5. The van der Waals surface area contributed by atoms with Crippen molar-refractivity contribution < 1.29 is 18.1 Å². The Labute approximate surface area is 76.6 Å². The van der Waals surface area contributed by atoms with E-state index in [1.807, 2.05) is 0 Å². The highest BCUT2D eigenvalue weighted by atomic mass is 32.2. The van der Waals surface area contributed by atoms with Crippen molar-refractivity contribution in [2.24, 2.45) is 5.73 Å². The maximum atomic E-state index is 10.4. The number of aromatic hydroxyl groups is 1. The van der Waals surface area contributed by atoms with Gasteiger partial charge in [0, 0.05) is 0 Å². The van der Waals surface area contributed by atoms with Crippen LogP contribution in [0.1, 0.15) is 0 Å². The van der Waals surface area contributed by atoms with Gasteiger partial charge in [-0.05, 0) is 31.3 Å². The van der Waals surface area contributed by atoms with Crippen molar-refractivity contribution in [1.82, 2.24) is 0 Å². The van der Waals surface area contributed by atoms with E-state index in [9.17, 15) is 8.42 Å². The van der Waals surface area contributed by atoms with Gasteiger partial charge >= 0.3 is 0 Å². The fourth-order valence-corrected chi connectivity index (χ4v) is 1.10. The summed E-state index contributed by atoms with van der Waals surface area (Å²) in [5.41, 5.74) is 4.50. The maximum Gasteiger partial charge on any atom is 0.294 e. The molecule has 0 aromatic heterocycles. The number of phenolic OH excluding ortho intramolecular Hbond substituents is 1. The maximum absolute atomic E-state index is 10.4. The fraction of sp³-hybridized carbons (Fsp3) is 0.143. The minimum atomic E-state index is -4.13. The van der Waals surface area contributed by atoms with Crippen LogP contribution in [0.4, 0.5) is 0 Å². The van der Waals surface area contributed by atoms with Gasteiger partial charge in [0.25, 0.3) is 10.1 Å². The van der Waals surface area contributed by atoms with E-state index in [0.29, 0.717) is 0 Å². The summed E-state index contributed by atoms with van der Waals surface area (Å²) in [5.74, 6) is -0.0441. The Balaban J connectivity index is 0.000000671. The highest BCUT2D eigenvalue weighted by Gasteiger charge is 2.07. The van der Waals surface area contributed by atoms with Crippen molar-refractivity contribution in [3.05, 3.63) is 24.3 Å². The van der Waals surface area contributed by atoms with E-state index >= 15 is 0 Å². The SMILES string of the molecule is CN.O=S(=O)(O)c1ccc(O)cc1. The van der Waals surface area contributed by atoms with E-state index in [4.69, 9.17) is 9.66 Å². The average Bonchev–Trinajstić information content (AvgIpc) is 2.07. The molecule has 0 radical (unpaired) electrons. The standard InChI is InChI=1S/C6H6O4S.CH5N/c7-5-1-3-6(4-2-5)11(8,9)10;1-2/h1-4,7H,(H,8,9,10);2H2,1H3. The third kappa shape index (κ3) is 3.88. The normalized spacial score (nSPS) is 10.1. The van der Waals surface area contributed by atoms with Gasteiger partial charge in [0.1, 0.15) is 5.75 Å². The molecule has 0 spiro atoms. The Morgan fingerprint density at radius 3 is 1.85 bits per heavy atom. The highest BCUT2D eigenvalue weighted by molar-refractivity contribution is 7.85. The molecule has 0 unspecified atom stereocenters. The minimum absolute atomic E-state index is 0.0441. The van der Waals surface area contributed by atoms with Gasteiger partial charge in [0.05, 0.1) is 4.90 Å². The number of phenols is 1. The van der Waals surface area contributed by atoms with Crippen molar-refractivity contribution in [1.29, 1.82) is 0 Å². The fourth-order valence-electron chi connectivity index (χ4n) is 0.618. The first kappa shape index (κ1) is 11.9. The van der Waals surface area contributed by atoms with Crippen LogP contribution in [0.2, 0.25) is 0 Å². The first-order valence-electron chi connectivity index (χ1n) is 3.34. The summed E-state index contributed by atoms with van der Waals surface area (Å²) in [6.07, 6.45) is 0. The molecule has 0 aliphatic heterocycles. The minimum Gasteiger partial charge on any atom is -0.508 e. The van der Waals surface area contributed by atoms with Crippen LogP contribution < -0.4 is 5.73 Å². The third-order valence-electron chi connectivity index (χ3n) is 1.13. The molecule has 1 aromatic rings. The molecular weight excluding hydrogens is 194 g/mol. The molecular formula is C7H11NO4S. The molecule has 1 rings (SSSR count).